The van der Waals surface area contributed by atoms with E-state index < -0.39 is 0 Å². The van der Waals surface area contributed by atoms with Gasteiger partial charge in [-0.3, -0.25) is 9.89 Å². The van der Waals surface area contributed by atoms with Crippen molar-refractivity contribution in [3.63, 3.8) is 0 Å². The third-order valence-corrected chi connectivity index (χ3v) is 4.50. The molecule has 1 amide bonds. The molecule has 0 unspecified atom stereocenters. The highest BCUT2D eigenvalue weighted by Gasteiger charge is 2.28. The fourth-order valence-corrected chi connectivity index (χ4v) is 3.18. The lowest BCUT2D eigenvalue weighted by molar-refractivity contribution is -0.136. The zero-order valence-corrected chi connectivity index (χ0v) is 15.0. The third kappa shape index (κ3) is 3.95. The number of aryl methyl sites for hydroxylation is 1. The summed E-state index contributed by atoms with van der Waals surface area (Å²) >= 11 is 0. The fourth-order valence-electron chi connectivity index (χ4n) is 3.18. The Morgan fingerprint density at radius 2 is 2.28 bits per heavy atom. The number of fused-ring (bicyclic) bond motifs is 1. The number of rotatable bonds is 6. The lowest BCUT2D eigenvalue weighted by Gasteiger charge is -2.28. The summed E-state index contributed by atoms with van der Waals surface area (Å²) < 4.78 is 11.0. The van der Waals surface area contributed by atoms with Crippen LogP contribution < -0.4 is 9.47 Å². The molecule has 0 fully saturated rings. The molecule has 0 aliphatic carbocycles. The Hall–Kier alpha value is -2.50. The molecule has 6 nitrogen and oxygen atoms in total. The molecule has 0 radical (unpaired) electrons. The van der Waals surface area contributed by atoms with Crippen molar-refractivity contribution in [1.82, 2.24) is 15.1 Å². The second-order valence-electron chi connectivity index (χ2n) is 6.51. The van der Waals surface area contributed by atoms with E-state index in [4.69, 9.17) is 9.47 Å². The summed E-state index contributed by atoms with van der Waals surface area (Å²) in [5.74, 6) is 1.53. The summed E-state index contributed by atoms with van der Waals surface area (Å²) in [6.45, 7) is 3.06. The molecule has 1 atom stereocenters. The van der Waals surface area contributed by atoms with Crippen molar-refractivity contribution < 1.29 is 14.3 Å². The number of aromatic nitrogens is 2. The number of carbonyl (C=O) groups is 1. The van der Waals surface area contributed by atoms with Gasteiger partial charge in [-0.25, -0.2) is 0 Å². The Labute approximate surface area is 148 Å². The minimum atomic E-state index is -0.178. The molecule has 1 aromatic carbocycles. The van der Waals surface area contributed by atoms with Crippen LogP contribution in [-0.4, -0.2) is 41.8 Å². The number of H-pyrrole nitrogens is 1. The van der Waals surface area contributed by atoms with Crippen molar-refractivity contribution in [3.8, 4) is 11.5 Å². The average molecular weight is 343 g/mol. The van der Waals surface area contributed by atoms with Crippen LogP contribution in [0.25, 0.3) is 0 Å². The molecule has 6 heteroatoms. The van der Waals surface area contributed by atoms with Gasteiger partial charge >= 0.3 is 0 Å². The van der Waals surface area contributed by atoms with Gasteiger partial charge in [0.1, 0.15) is 18.1 Å². The van der Waals surface area contributed by atoms with E-state index in [2.05, 4.69) is 17.1 Å². The first-order valence-electron chi connectivity index (χ1n) is 8.68. The average Bonchev–Trinajstić information content (AvgIpc) is 3.07. The number of methoxy groups -OCH3 is 1. The van der Waals surface area contributed by atoms with E-state index in [9.17, 15) is 4.79 Å². The number of nitrogens with one attached hydrogen (secondary N) is 1. The minimum Gasteiger partial charge on any atom is -0.497 e. The molecule has 3 rings (SSSR count). The van der Waals surface area contributed by atoms with Gasteiger partial charge in [-0.1, -0.05) is 13.3 Å². The number of ether oxygens (including phenoxy) is 2. The number of nitrogens with zero attached hydrogens (tertiary/aromatic N) is 2. The summed E-state index contributed by atoms with van der Waals surface area (Å²) in [5.41, 5.74) is 3.02. The fraction of sp³-hybridized carbons (Fsp3) is 0.474. The van der Waals surface area contributed by atoms with E-state index in [0.717, 1.165) is 41.3 Å². The number of benzene rings is 1. The molecule has 1 N–H and O–H groups in total. The molecule has 2 heterocycles. The number of hydrogen-bond acceptors (Lipinski definition) is 4. The third-order valence-electron chi connectivity index (χ3n) is 4.50. The van der Waals surface area contributed by atoms with E-state index in [1.165, 1.54) is 0 Å². The highest BCUT2D eigenvalue weighted by Crippen LogP contribution is 2.31. The topological polar surface area (TPSA) is 67.5 Å². The number of amides is 1. The molecule has 0 saturated heterocycles. The van der Waals surface area contributed by atoms with Gasteiger partial charge in [-0.05, 0) is 42.7 Å². The Kier molecular flexibility index (Phi) is 5.26. The Bertz CT molecular complexity index is 741. The summed E-state index contributed by atoms with van der Waals surface area (Å²) in [7, 11) is 3.46. The van der Waals surface area contributed by atoms with Gasteiger partial charge in [-0.15, -0.1) is 0 Å². The van der Waals surface area contributed by atoms with Crippen molar-refractivity contribution in [2.45, 2.75) is 32.7 Å². The van der Waals surface area contributed by atoms with E-state index in [-0.39, 0.29) is 11.8 Å². The maximum absolute atomic E-state index is 12.8. The summed E-state index contributed by atoms with van der Waals surface area (Å²) in [6, 6.07) is 7.75. The monoisotopic (exact) mass is 343 g/mol. The molecule has 0 saturated carbocycles. The predicted octanol–water partition coefficient (Wildman–Crippen LogP) is 2.58. The molecule has 1 aliphatic rings. The van der Waals surface area contributed by atoms with Crippen LogP contribution in [0.3, 0.4) is 0 Å². The van der Waals surface area contributed by atoms with E-state index in [1.54, 1.807) is 12.0 Å². The second-order valence-corrected chi connectivity index (χ2v) is 6.51. The Morgan fingerprint density at radius 3 is 3.04 bits per heavy atom. The van der Waals surface area contributed by atoms with Crippen molar-refractivity contribution in [3.05, 3.63) is 41.2 Å². The first-order chi connectivity index (χ1) is 12.1. The van der Waals surface area contributed by atoms with Crippen LogP contribution in [0.15, 0.2) is 24.3 Å². The zero-order chi connectivity index (χ0) is 17.8. The molecule has 1 aromatic heterocycles. The number of carbonyl (C=O) groups excluding carboxylic acids is 1. The van der Waals surface area contributed by atoms with E-state index in [0.29, 0.717) is 19.6 Å². The zero-order valence-electron chi connectivity index (χ0n) is 15.0. The number of hydrogen-bond donors (Lipinski definition) is 1. The Balaban J connectivity index is 1.63. The van der Waals surface area contributed by atoms with E-state index >= 15 is 0 Å². The summed E-state index contributed by atoms with van der Waals surface area (Å²) in [6.07, 6.45) is 2.67. The SMILES string of the molecule is CCCc1cc(CN(C)C(=O)[C@@H]2COc3ccc(OC)cc3C2)[nH]n1. The van der Waals surface area contributed by atoms with Crippen LogP contribution >= 0.6 is 0 Å². The van der Waals surface area contributed by atoms with Crippen LogP contribution in [0.2, 0.25) is 0 Å². The van der Waals surface area contributed by atoms with E-state index in [1.807, 2.05) is 31.3 Å². The van der Waals surface area contributed by atoms with Crippen LogP contribution in [0.5, 0.6) is 11.5 Å². The normalized spacial score (nSPS) is 16.0. The molecule has 0 bridgehead atoms. The van der Waals surface area contributed by atoms with Gasteiger partial charge < -0.3 is 14.4 Å². The van der Waals surface area contributed by atoms with Crippen molar-refractivity contribution >= 4 is 5.91 Å². The lowest BCUT2D eigenvalue weighted by Crippen LogP contribution is -2.38. The van der Waals surface area contributed by atoms with Crippen LogP contribution in [0, 0.1) is 5.92 Å². The molecule has 1 aliphatic heterocycles. The maximum atomic E-state index is 12.8. The van der Waals surface area contributed by atoms with Crippen LogP contribution in [-0.2, 0) is 24.2 Å². The van der Waals surface area contributed by atoms with Crippen LogP contribution in [0.4, 0.5) is 0 Å². The van der Waals surface area contributed by atoms with Crippen molar-refractivity contribution in [2.75, 3.05) is 20.8 Å². The predicted molar refractivity (Wildman–Crippen MR) is 94.7 cm³/mol. The molecule has 25 heavy (non-hydrogen) atoms. The largest absolute Gasteiger partial charge is 0.497 e. The summed E-state index contributed by atoms with van der Waals surface area (Å²) in [4.78, 5) is 14.5. The van der Waals surface area contributed by atoms with Gasteiger partial charge in [0.2, 0.25) is 5.91 Å². The van der Waals surface area contributed by atoms with Crippen LogP contribution in [0.1, 0.15) is 30.3 Å². The smallest absolute Gasteiger partial charge is 0.229 e. The first kappa shape index (κ1) is 17.3. The first-order valence-corrected chi connectivity index (χ1v) is 8.68. The second kappa shape index (κ2) is 7.59. The molecule has 0 spiro atoms. The standard InChI is InChI=1S/C19H25N3O3/c1-4-5-15-10-16(21-20-15)11-22(2)19(23)14-8-13-9-17(24-3)6-7-18(13)25-12-14/h6-7,9-10,14H,4-5,8,11-12H2,1-3H3,(H,20,21)/t14-/m0/s1. The van der Waals surface area contributed by atoms with Gasteiger partial charge in [0, 0.05) is 7.05 Å². The number of aromatic amines is 1. The van der Waals surface area contributed by atoms with Crippen molar-refractivity contribution in [1.29, 1.82) is 0 Å². The molecule has 134 valence electrons. The van der Waals surface area contributed by atoms with Gasteiger partial charge in [0.05, 0.1) is 31.0 Å². The molecular weight excluding hydrogens is 318 g/mol. The molecule has 2 aromatic rings. The van der Waals surface area contributed by atoms with Gasteiger partial charge in [0.25, 0.3) is 0 Å². The van der Waals surface area contributed by atoms with Gasteiger partial charge in [-0.2, -0.15) is 5.10 Å². The highest BCUT2D eigenvalue weighted by atomic mass is 16.5. The quantitative estimate of drug-likeness (QED) is 0.875. The highest BCUT2D eigenvalue weighted by molar-refractivity contribution is 5.79. The van der Waals surface area contributed by atoms with Crippen molar-refractivity contribution in [2.24, 2.45) is 5.92 Å². The Morgan fingerprint density at radius 1 is 1.44 bits per heavy atom. The maximum Gasteiger partial charge on any atom is 0.229 e. The minimum absolute atomic E-state index is 0.0834. The summed E-state index contributed by atoms with van der Waals surface area (Å²) in [5, 5.41) is 7.30. The molecular formula is C19H25N3O3. The lowest BCUT2D eigenvalue weighted by atomic mass is 9.95. The van der Waals surface area contributed by atoms with Gasteiger partial charge in [0.15, 0.2) is 0 Å².